The Labute approximate surface area is 191 Å². The first-order valence-corrected chi connectivity index (χ1v) is 11.2. The Bertz CT molecular complexity index is 1090. The number of amides is 1. The quantitative estimate of drug-likeness (QED) is 0.555. The van der Waals surface area contributed by atoms with Gasteiger partial charge in [-0.25, -0.2) is 14.8 Å². The summed E-state index contributed by atoms with van der Waals surface area (Å²) in [6.45, 7) is 2.01. The number of ether oxygens (including phenoxy) is 1. The van der Waals surface area contributed by atoms with Crippen LogP contribution in [0.2, 0.25) is 0 Å². The van der Waals surface area contributed by atoms with Gasteiger partial charge in [-0.1, -0.05) is 78.5 Å². The van der Waals surface area contributed by atoms with Gasteiger partial charge in [0.15, 0.2) is 11.2 Å². The molecule has 162 valence electrons. The molecular formula is C25H23N3O3S. The predicted molar refractivity (Wildman–Crippen MR) is 126 cm³/mol. The van der Waals surface area contributed by atoms with Gasteiger partial charge in [-0.05, 0) is 36.8 Å². The van der Waals surface area contributed by atoms with Gasteiger partial charge in [-0.2, -0.15) is 0 Å². The molecule has 1 aliphatic heterocycles. The highest BCUT2D eigenvalue weighted by molar-refractivity contribution is 8.14. The van der Waals surface area contributed by atoms with Crippen molar-refractivity contribution >= 4 is 34.5 Å². The smallest absolute Gasteiger partial charge is 0.332 e. The second kappa shape index (κ2) is 10.2. The van der Waals surface area contributed by atoms with Gasteiger partial charge in [0.05, 0.1) is 17.5 Å². The van der Waals surface area contributed by atoms with Crippen LogP contribution in [0.25, 0.3) is 0 Å². The molecule has 7 heteroatoms. The van der Waals surface area contributed by atoms with Crippen molar-refractivity contribution in [2.75, 3.05) is 6.61 Å². The van der Waals surface area contributed by atoms with Crippen LogP contribution in [0, 0.1) is 0 Å². The molecule has 0 aliphatic carbocycles. The van der Waals surface area contributed by atoms with Crippen molar-refractivity contribution in [3.8, 4) is 0 Å². The van der Waals surface area contributed by atoms with E-state index in [-0.39, 0.29) is 17.8 Å². The van der Waals surface area contributed by atoms with E-state index in [2.05, 4.69) is 5.43 Å². The number of thioether (sulfide) groups is 1. The summed E-state index contributed by atoms with van der Waals surface area (Å²) in [7, 11) is 0. The summed E-state index contributed by atoms with van der Waals surface area (Å²) in [6, 6.07) is 27.3. The van der Waals surface area contributed by atoms with Crippen molar-refractivity contribution in [1.82, 2.24) is 10.4 Å². The fraction of sp³-hybridized carbons (Fsp3) is 0.160. The number of hydrogen-bond acceptors (Lipinski definition) is 5. The molecule has 3 aromatic carbocycles. The first-order valence-electron chi connectivity index (χ1n) is 10.3. The third kappa shape index (κ3) is 4.84. The Morgan fingerprint density at radius 1 is 0.938 bits per heavy atom. The van der Waals surface area contributed by atoms with E-state index in [0.717, 1.165) is 11.3 Å². The van der Waals surface area contributed by atoms with Crippen molar-refractivity contribution in [3.05, 3.63) is 102 Å². The maximum Gasteiger partial charge on any atom is 0.332 e. The van der Waals surface area contributed by atoms with E-state index in [1.165, 1.54) is 11.8 Å². The van der Waals surface area contributed by atoms with Crippen molar-refractivity contribution < 1.29 is 14.3 Å². The molecule has 0 unspecified atom stereocenters. The molecule has 0 radical (unpaired) electrons. The maximum atomic E-state index is 13.1. The lowest BCUT2D eigenvalue weighted by molar-refractivity contribution is -0.148. The highest BCUT2D eigenvalue weighted by Crippen LogP contribution is 2.44. The predicted octanol–water partition coefficient (Wildman–Crippen LogP) is 4.74. The van der Waals surface area contributed by atoms with Gasteiger partial charge in [-0.3, -0.25) is 10.2 Å². The highest BCUT2D eigenvalue weighted by atomic mass is 32.2. The number of amidine groups is 1. The number of nitrogens with one attached hydrogen (secondary N) is 1. The van der Waals surface area contributed by atoms with Crippen molar-refractivity contribution in [2.24, 2.45) is 4.99 Å². The van der Waals surface area contributed by atoms with Crippen LogP contribution >= 0.6 is 11.8 Å². The third-order valence-electron chi connectivity index (χ3n) is 4.90. The fourth-order valence-electron chi connectivity index (χ4n) is 3.41. The number of benzene rings is 3. The maximum absolute atomic E-state index is 13.1. The van der Waals surface area contributed by atoms with Gasteiger partial charge < -0.3 is 4.74 Å². The standard InChI is InChI=1S/C25H23N3O3S/c1-2-31-24(30)21-22(18-12-6-3-7-13-18)32-25(26-20-16-10-5-11-17-20)28(21)27-23(29)19-14-8-4-9-15-19/h3-17,21-22H,2H2,1H3,(H,27,29)/t21-,22+/m0/s1. The summed E-state index contributed by atoms with van der Waals surface area (Å²) in [6.07, 6.45) is 0. The van der Waals surface area contributed by atoms with Gasteiger partial charge >= 0.3 is 5.97 Å². The summed E-state index contributed by atoms with van der Waals surface area (Å²) in [5, 5.41) is 1.77. The molecule has 3 aromatic rings. The topological polar surface area (TPSA) is 71.0 Å². The molecule has 1 saturated heterocycles. The number of rotatable bonds is 6. The van der Waals surface area contributed by atoms with E-state index in [1.54, 1.807) is 36.2 Å². The molecule has 32 heavy (non-hydrogen) atoms. The Kier molecular flexibility index (Phi) is 6.87. The lowest BCUT2D eigenvalue weighted by Crippen LogP contribution is -2.52. The number of esters is 1. The molecule has 1 heterocycles. The molecule has 1 amide bonds. The molecule has 1 aliphatic rings. The van der Waals surface area contributed by atoms with Crippen molar-refractivity contribution in [1.29, 1.82) is 0 Å². The zero-order chi connectivity index (χ0) is 22.3. The zero-order valence-corrected chi connectivity index (χ0v) is 18.4. The minimum atomic E-state index is -0.766. The minimum absolute atomic E-state index is 0.243. The SMILES string of the molecule is CCOC(=O)[C@@H]1[C@@H](c2ccccc2)SC(=Nc2ccccc2)N1NC(=O)c1ccccc1. The number of carbonyl (C=O) groups excluding carboxylic acids is 2. The average Bonchev–Trinajstić information content (AvgIpc) is 3.18. The van der Waals surface area contributed by atoms with E-state index >= 15 is 0 Å². The van der Waals surface area contributed by atoms with Crippen LogP contribution in [0.15, 0.2) is 96.0 Å². The van der Waals surface area contributed by atoms with E-state index in [1.807, 2.05) is 66.7 Å². The van der Waals surface area contributed by atoms with Crippen LogP contribution in [-0.4, -0.2) is 34.7 Å². The number of para-hydroxylation sites is 1. The monoisotopic (exact) mass is 445 g/mol. The molecule has 0 spiro atoms. The Balaban J connectivity index is 1.75. The second-order valence-electron chi connectivity index (χ2n) is 7.05. The van der Waals surface area contributed by atoms with Crippen LogP contribution in [0.4, 0.5) is 5.69 Å². The summed E-state index contributed by atoms with van der Waals surface area (Å²) in [4.78, 5) is 30.8. The normalized spacial score (nSPS) is 19.0. The lowest BCUT2D eigenvalue weighted by Gasteiger charge is -2.27. The van der Waals surface area contributed by atoms with Crippen LogP contribution in [0.1, 0.15) is 28.1 Å². The molecule has 1 N–H and O–H groups in total. The second-order valence-corrected chi connectivity index (χ2v) is 8.16. The number of aliphatic imine (C=N–C) groups is 1. The summed E-state index contributed by atoms with van der Waals surface area (Å²) < 4.78 is 5.39. The van der Waals surface area contributed by atoms with E-state index < -0.39 is 12.0 Å². The largest absolute Gasteiger partial charge is 0.464 e. The molecule has 4 rings (SSSR count). The molecular weight excluding hydrogens is 422 g/mol. The third-order valence-corrected chi connectivity index (χ3v) is 6.18. The number of hydrogen-bond donors (Lipinski definition) is 1. The summed E-state index contributed by atoms with van der Waals surface area (Å²) in [5.41, 5.74) is 5.06. The van der Waals surface area contributed by atoms with E-state index in [0.29, 0.717) is 10.7 Å². The summed E-state index contributed by atoms with van der Waals surface area (Å²) in [5.74, 6) is -0.740. The zero-order valence-electron chi connectivity index (χ0n) is 17.5. The highest BCUT2D eigenvalue weighted by Gasteiger charge is 2.46. The van der Waals surface area contributed by atoms with Crippen LogP contribution < -0.4 is 5.43 Å². The first kappa shape index (κ1) is 21.6. The number of nitrogens with zero attached hydrogens (tertiary/aromatic N) is 2. The molecule has 0 saturated carbocycles. The number of carbonyl (C=O) groups is 2. The number of hydrazine groups is 1. The molecule has 0 aromatic heterocycles. The lowest BCUT2D eigenvalue weighted by atomic mass is 10.1. The Morgan fingerprint density at radius 2 is 1.53 bits per heavy atom. The van der Waals surface area contributed by atoms with E-state index in [4.69, 9.17) is 9.73 Å². The Hall–Kier alpha value is -3.58. The van der Waals surface area contributed by atoms with Crippen LogP contribution in [0.3, 0.4) is 0 Å². The van der Waals surface area contributed by atoms with Gasteiger partial charge in [0.25, 0.3) is 5.91 Å². The first-order chi connectivity index (χ1) is 15.7. The molecule has 1 fully saturated rings. The fourth-order valence-corrected chi connectivity index (χ4v) is 4.73. The molecule has 6 nitrogen and oxygen atoms in total. The van der Waals surface area contributed by atoms with Gasteiger partial charge in [0.2, 0.25) is 0 Å². The van der Waals surface area contributed by atoms with E-state index in [9.17, 15) is 9.59 Å². The van der Waals surface area contributed by atoms with Crippen molar-refractivity contribution in [2.45, 2.75) is 18.2 Å². The van der Waals surface area contributed by atoms with Gasteiger partial charge in [-0.15, -0.1) is 0 Å². The Morgan fingerprint density at radius 3 is 2.16 bits per heavy atom. The van der Waals surface area contributed by atoms with Gasteiger partial charge in [0.1, 0.15) is 0 Å². The van der Waals surface area contributed by atoms with Gasteiger partial charge in [0, 0.05) is 5.56 Å². The summed E-state index contributed by atoms with van der Waals surface area (Å²) >= 11 is 1.43. The average molecular weight is 446 g/mol. The van der Waals surface area contributed by atoms with Crippen LogP contribution in [-0.2, 0) is 9.53 Å². The van der Waals surface area contributed by atoms with Crippen molar-refractivity contribution in [3.63, 3.8) is 0 Å². The molecule has 2 atom stereocenters. The minimum Gasteiger partial charge on any atom is -0.464 e. The van der Waals surface area contributed by atoms with Crippen LogP contribution in [0.5, 0.6) is 0 Å². The molecule has 0 bridgehead atoms.